The molecule has 1 aliphatic rings. The minimum absolute atomic E-state index is 0.00583. The van der Waals surface area contributed by atoms with Crippen LogP contribution in [0.4, 0.5) is 13.2 Å². The van der Waals surface area contributed by atoms with E-state index in [1.54, 1.807) is 0 Å². The Balaban J connectivity index is 2.37. The van der Waals surface area contributed by atoms with Gasteiger partial charge in [-0.15, -0.1) is 0 Å². The third-order valence-corrected chi connectivity index (χ3v) is 2.74. The second-order valence-corrected chi connectivity index (χ2v) is 3.82. The molecule has 6 heteroatoms. The molecule has 0 spiro atoms. The van der Waals surface area contributed by atoms with Crippen LogP contribution in [0.5, 0.6) is 0 Å². The largest absolute Gasteiger partial charge is 0.481 e. The van der Waals surface area contributed by atoms with E-state index in [1.165, 1.54) is 0 Å². The maximum absolute atomic E-state index is 13.0. The smallest absolute Gasteiger partial charge is 0.309 e. The molecule has 0 aromatic heterocycles. The monoisotopic (exact) mass is 246 g/mol. The molecule has 1 fully saturated rings. The normalized spacial score (nSPS) is 23.9. The van der Waals surface area contributed by atoms with Gasteiger partial charge in [0.05, 0.1) is 12.0 Å². The Kier molecular flexibility index (Phi) is 3.06. The van der Waals surface area contributed by atoms with Crippen molar-refractivity contribution in [3.05, 3.63) is 35.1 Å². The standard InChI is InChI=1S/C11H9F3O3/c12-7-3-5(4-8(13)9(7)14)10-6(11(15)16)1-2-17-10/h3-4,6,10H,1-2H2,(H,15,16). The quantitative estimate of drug-likeness (QED) is 0.814. The van der Waals surface area contributed by atoms with Gasteiger partial charge in [-0.2, -0.15) is 0 Å². The Morgan fingerprint density at radius 3 is 2.41 bits per heavy atom. The highest BCUT2D eigenvalue weighted by Crippen LogP contribution is 2.35. The number of carboxylic acid groups (broad SMARTS) is 1. The van der Waals surface area contributed by atoms with Crippen molar-refractivity contribution in [2.45, 2.75) is 12.5 Å². The van der Waals surface area contributed by atoms with E-state index < -0.39 is 35.4 Å². The van der Waals surface area contributed by atoms with E-state index >= 15 is 0 Å². The van der Waals surface area contributed by atoms with Crippen LogP contribution in [0.25, 0.3) is 0 Å². The number of hydrogen-bond donors (Lipinski definition) is 1. The van der Waals surface area contributed by atoms with Crippen LogP contribution in [0.1, 0.15) is 18.1 Å². The zero-order valence-corrected chi connectivity index (χ0v) is 8.62. The van der Waals surface area contributed by atoms with Gasteiger partial charge in [0, 0.05) is 6.61 Å². The lowest BCUT2D eigenvalue weighted by Crippen LogP contribution is -2.18. The van der Waals surface area contributed by atoms with Crippen molar-refractivity contribution < 1.29 is 27.8 Å². The first-order valence-electron chi connectivity index (χ1n) is 4.99. The SMILES string of the molecule is O=C(O)C1CCOC1c1cc(F)c(F)c(F)c1. The van der Waals surface area contributed by atoms with Crippen LogP contribution in [0, 0.1) is 23.4 Å². The van der Waals surface area contributed by atoms with Crippen molar-refractivity contribution in [3.8, 4) is 0 Å². The molecule has 17 heavy (non-hydrogen) atoms. The summed E-state index contributed by atoms with van der Waals surface area (Å²) in [5.41, 5.74) is 0.00583. The first-order valence-corrected chi connectivity index (χ1v) is 4.99. The van der Waals surface area contributed by atoms with E-state index in [4.69, 9.17) is 9.84 Å². The molecule has 2 rings (SSSR count). The zero-order chi connectivity index (χ0) is 12.6. The number of carbonyl (C=O) groups is 1. The first kappa shape index (κ1) is 11.9. The predicted molar refractivity (Wildman–Crippen MR) is 50.8 cm³/mol. The van der Waals surface area contributed by atoms with Gasteiger partial charge in [-0.05, 0) is 24.1 Å². The van der Waals surface area contributed by atoms with Gasteiger partial charge in [0.1, 0.15) is 0 Å². The minimum atomic E-state index is -1.57. The summed E-state index contributed by atoms with van der Waals surface area (Å²) in [6.45, 7) is 0.197. The number of aliphatic carboxylic acids is 1. The fraction of sp³-hybridized carbons (Fsp3) is 0.364. The van der Waals surface area contributed by atoms with E-state index in [9.17, 15) is 18.0 Å². The van der Waals surface area contributed by atoms with Crippen molar-refractivity contribution in [2.24, 2.45) is 5.92 Å². The van der Waals surface area contributed by atoms with Crippen LogP contribution in [0.3, 0.4) is 0 Å². The molecule has 3 nitrogen and oxygen atoms in total. The Morgan fingerprint density at radius 1 is 1.29 bits per heavy atom. The van der Waals surface area contributed by atoms with Crippen LogP contribution >= 0.6 is 0 Å². The highest BCUT2D eigenvalue weighted by atomic mass is 19.2. The summed E-state index contributed by atoms with van der Waals surface area (Å²) in [4.78, 5) is 10.9. The fourth-order valence-electron chi connectivity index (χ4n) is 1.91. The predicted octanol–water partition coefficient (Wildman–Crippen LogP) is 2.27. The first-order chi connectivity index (χ1) is 8.00. The number of carboxylic acids is 1. The third kappa shape index (κ3) is 2.12. The molecule has 0 bridgehead atoms. The number of ether oxygens (including phenoxy) is 1. The maximum Gasteiger partial charge on any atom is 0.309 e. The summed E-state index contributed by atoms with van der Waals surface area (Å²) in [6, 6.07) is 1.54. The average molecular weight is 246 g/mol. The molecule has 1 aromatic rings. The second-order valence-electron chi connectivity index (χ2n) is 3.82. The highest BCUT2D eigenvalue weighted by molar-refractivity contribution is 5.71. The van der Waals surface area contributed by atoms with Crippen molar-refractivity contribution >= 4 is 5.97 Å². The minimum Gasteiger partial charge on any atom is -0.481 e. The van der Waals surface area contributed by atoms with E-state index in [0.717, 1.165) is 12.1 Å². The number of benzene rings is 1. The van der Waals surface area contributed by atoms with Gasteiger partial charge < -0.3 is 9.84 Å². The Bertz CT molecular complexity index is 438. The van der Waals surface area contributed by atoms with Crippen LogP contribution < -0.4 is 0 Å². The fourth-order valence-corrected chi connectivity index (χ4v) is 1.91. The van der Waals surface area contributed by atoms with E-state index in [2.05, 4.69) is 0 Å². The van der Waals surface area contributed by atoms with Gasteiger partial charge in [-0.1, -0.05) is 0 Å². The average Bonchev–Trinajstić information content (AvgIpc) is 2.74. The van der Waals surface area contributed by atoms with Gasteiger partial charge >= 0.3 is 5.97 Å². The van der Waals surface area contributed by atoms with E-state index in [0.29, 0.717) is 0 Å². The zero-order valence-electron chi connectivity index (χ0n) is 8.62. The molecule has 92 valence electrons. The molecule has 1 N–H and O–H groups in total. The molecule has 2 atom stereocenters. The molecule has 0 aliphatic carbocycles. The lowest BCUT2D eigenvalue weighted by molar-refractivity contribution is -0.143. The number of rotatable bonds is 2. The van der Waals surface area contributed by atoms with Gasteiger partial charge in [-0.3, -0.25) is 4.79 Å². The Labute approximate surface area is 94.8 Å². The Hall–Kier alpha value is -1.56. The van der Waals surface area contributed by atoms with Crippen molar-refractivity contribution in [3.63, 3.8) is 0 Å². The van der Waals surface area contributed by atoms with Crippen molar-refractivity contribution in [1.82, 2.24) is 0 Å². The summed E-state index contributed by atoms with van der Waals surface area (Å²) < 4.78 is 43.9. The summed E-state index contributed by atoms with van der Waals surface area (Å²) in [6.07, 6.45) is -0.669. The molecule has 1 aromatic carbocycles. The molecule has 1 saturated heterocycles. The summed E-state index contributed by atoms with van der Waals surface area (Å²) in [7, 11) is 0. The molecule has 2 unspecified atom stereocenters. The Morgan fingerprint density at radius 2 is 1.88 bits per heavy atom. The molecule has 1 aliphatic heterocycles. The van der Waals surface area contributed by atoms with Gasteiger partial charge in [0.15, 0.2) is 17.5 Å². The van der Waals surface area contributed by atoms with Gasteiger partial charge in [-0.25, -0.2) is 13.2 Å². The number of halogens is 3. The molecule has 1 heterocycles. The second kappa shape index (κ2) is 4.37. The molecule has 0 amide bonds. The summed E-state index contributed by atoms with van der Waals surface area (Å²) in [5, 5.41) is 8.90. The van der Waals surface area contributed by atoms with Crippen molar-refractivity contribution in [1.29, 1.82) is 0 Å². The molecular formula is C11H9F3O3. The lowest BCUT2D eigenvalue weighted by Gasteiger charge is -2.15. The highest BCUT2D eigenvalue weighted by Gasteiger charge is 2.36. The van der Waals surface area contributed by atoms with Crippen LogP contribution in [-0.4, -0.2) is 17.7 Å². The molecule has 0 saturated carbocycles. The molecule has 0 radical (unpaired) electrons. The van der Waals surface area contributed by atoms with Gasteiger partial charge in [0.25, 0.3) is 0 Å². The third-order valence-electron chi connectivity index (χ3n) is 2.74. The van der Waals surface area contributed by atoms with E-state index in [1.807, 2.05) is 0 Å². The number of hydrogen-bond acceptors (Lipinski definition) is 2. The van der Waals surface area contributed by atoms with Crippen LogP contribution in [0.2, 0.25) is 0 Å². The summed E-state index contributed by atoms with van der Waals surface area (Å²) >= 11 is 0. The van der Waals surface area contributed by atoms with Crippen molar-refractivity contribution in [2.75, 3.05) is 6.61 Å². The maximum atomic E-state index is 13.0. The van der Waals surface area contributed by atoms with Gasteiger partial charge in [0.2, 0.25) is 0 Å². The lowest BCUT2D eigenvalue weighted by atomic mass is 9.95. The summed E-state index contributed by atoms with van der Waals surface area (Å²) in [5.74, 6) is -6.23. The topological polar surface area (TPSA) is 46.5 Å². The van der Waals surface area contributed by atoms with E-state index in [-0.39, 0.29) is 18.6 Å². The van der Waals surface area contributed by atoms with Crippen LogP contribution in [-0.2, 0) is 9.53 Å². The van der Waals surface area contributed by atoms with Crippen LogP contribution in [0.15, 0.2) is 12.1 Å². The molecular weight excluding hydrogens is 237 g/mol.